The van der Waals surface area contributed by atoms with Crippen LogP contribution < -0.4 is 0 Å². The standard InChI is InChI=1S/C10H16O2/c1-6(2)7-4-8(11)10(3)9(5-7)12-10/h8-9,11H,4-5H2,1-3H3. The number of aliphatic hydroxyl groups excluding tert-OH is 1. The lowest BCUT2D eigenvalue weighted by Gasteiger charge is -2.23. The fraction of sp³-hybridized carbons (Fsp3) is 0.800. The molecule has 1 heterocycles. The summed E-state index contributed by atoms with van der Waals surface area (Å²) >= 11 is 0. The number of hydrogen-bond acceptors (Lipinski definition) is 2. The summed E-state index contributed by atoms with van der Waals surface area (Å²) in [5, 5.41) is 9.74. The van der Waals surface area contributed by atoms with Crippen molar-refractivity contribution in [1.82, 2.24) is 0 Å². The molecule has 0 aromatic carbocycles. The molecule has 12 heavy (non-hydrogen) atoms. The second-order valence-corrected chi connectivity index (χ2v) is 4.32. The van der Waals surface area contributed by atoms with Gasteiger partial charge in [0.2, 0.25) is 0 Å². The van der Waals surface area contributed by atoms with Crippen molar-refractivity contribution in [3.05, 3.63) is 11.1 Å². The van der Waals surface area contributed by atoms with Crippen molar-refractivity contribution >= 4 is 0 Å². The lowest BCUT2D eigenvalue weighted by molar-refractivity contribution is 0.0839. The summed E-state index contributed by atoms with van der Waals surface area (Å²) in [6.45, 7) is 6.21. The average molecular weight is 168 g/mol. The van der Waals surface area contributed by atoms with Crippen molar-refractivity contribution in [2.45, 2.75) is 51.4 Å². The van der Waals surface area contributed by atoms with E-state index in [4.69, 9.17) is 4.74 Å². The van der Waals surface area contributed by atoms with Gasteiger partial charge in [-0.3, -0.25) is 0 Å². The predicted octanol–water partition coefficient (Wildman–Crippen LogP) is 1.64. The Morgan fingerprint density at radius 1 is 1.50 bits per heavy atom. The van der Waals surface area contributed by atoms with Crippen LogP contribution in [0.5, 0.6) is 0 Å². The lowest BCUT2D eigenvalue weighted by atomic mass is 9.83. The van der Waals surface area contributed by atoms with Crippen molar-refractivity contribution < 1.29 is 9.84 Å². The Balaban J connectivity index is 2.17. The quantitative estimate of drug-likeness (QED) is 0.440. The molecule has 1 aliphatic heterocycles. The summed E-state index contributed by atoms with van der Waals surface area (Å²) in [5.74, 6) is 0. The summed E-state index contributed by atoms with van der Waals surface area (Å²) in [7, 11) is 0. The van der Waals surface area contributed by atoms with Gasteiger partial charge >= 0.3 is 0 Å². The fourth-order valence-electron chi connectivity index (χ4n) is 1.96. The van der Waals surface area contributed by atoms with Crippen LogP contribution in [0.3, 0.4) is 0 Å². The monoisotopic (exact) mass is 168 g/mol. The van der Waals surface area contributed by atoms with E-state index >= 15 is 0 Å². The van der Waals surface area contributed by atoms with E-state index in [1.807, 2.05) is 6.92 Å². The molecule has 0 amide bonds. The van der Waals surface area contributed by atoms with Gasteiger partial charge in [0.25, 0.3) is 0 Å². The number of aliphatic hydroxyl groups is 1. The van der Waals surface area contributed by atoms with Crippen LogP contribution in [0, 0.1) is 0 Å². The summed E-state index contributed by atoms with van der Waals surface area (Å²) in [6.07, 6.45) is 1.82. The zero-order chi connectivity index (χ0) is 8.93. The molecule has 68 valence electrons. The Kier molecular flexibility index (Phi) is 1.61. The Morgan fingerprint density at radius 3 is 2.67 bits per heavy atom. The van der Waals surface area contributed by atoms with E-state index in [-0.39, 0.29) is 17.8 Å². The molecule has 0 bridgehead atoms. The minimum atomic E-state index is -0.291. The molecule has 1 N–H and O–H groups in total. The van der Waals surface area contributed by atoms with Crippen LogP contribution in [0.1, 0.15) is 33.6 Å². The van der Waals surface area contributed by atoms with E-state index in [9.17, 15) is 5.11 Å². The zero-order valence-electron chi connectivity index (χ0n) is 7.92. The first-order valence-corrected chi connectivity index (χ1v) is 4.55. The molecule has 0 spiro atoms. The number of rotatable bonds is 0. The Bertz CT molecular complexity index is 240. The van der Waals surface area contributed by atoms with Gasteiger partial charge in [0.1, 0.15) is 5.60 Å². The number of hydrogen-bond donors (Lipinski definition) is 1. The highest BCUT2D eigenvalue weighted by Crippen LogP contribution is 2.49. The average Bonchev–Trinajstić information content (AvgIpc) is 2.62. The van der Waals surface area contributed by atoms with Crippen LogP contribution in [0.4, 0.5) is 0 Å². The van der Waals surface area contributed by atoms with Crippen LogP contribution >= 0.6 is 0 Å². The second kappa shape index (κ2) is 2.33. The zero-order valence-corrected chi connectivity index (χ0v) is 7.92. The largest absolute Gasteiger partial charge is 0.390 e. The molecule has 2 nitrogen and oxygen atoms in total. The van der Waals surface area contributed by atoms with Gasteiger partial charge in [-0.05, 0) is 33.6 Å². The van der Waals surface area contributed by atoms with Crippen LogP contribution in [0.15, 0.2) is 11.1 Å². The summed E-state index contributed by atoms with van der Waals surface area (Å²) < 4.78 is 5.47. The molecule has 1 saturated heterocycles. The summed E-state index contributed by atoms with van der Waals surface area (Å²) in [5.41, 5.74) is 2.51. The predicted molar refractivity (Wildman–Crippen MR) is 46.9 cm³/mol. The SMILES string of the molecule is CC(C)=C1CC(O)C2(C)OC2C1. The van der Waals surface area contributed by atoms with E-state index in [0.29, 0.717) is 0 Å². The third-order valence-corrected chi connectivity index (χ3v) is 3.22. The minimum absolute atomic E-state index is 0.209. The topological polar surface area (TPSA) is 32.8 Å². The first kappa shape index (κ1) is 8.27. The smallest absolute Gasteiger partial charge is 0.118 e. The van der Waals surface area contributed by atoms with E-state index in [2.05, 4.69) is 13.8 Å². The summed E-state index contributed by atoms with van der Waals surface area (Å²) in [6, 6.07) is 0. The molecule has 3 atom stereocenters. The third-order valence-electron chi connectivity index (χ3n) is 3.22. The van der Waals surface area contributed by atoms with Gasteiger partial charge in [-0.15, -0.1) is 0 Å². The van der Waals surface area contributed by atoms with Gasteiger partial charge in [0.15, 0.2) is 0 Å². The molecule has 2 fully saturated rings. The van der Waals surface area contributed by atoms with Crippen LogP contribution in [0.2, 0.25) is 0 Å². The highest BCUT2D eigenvalue weighted by Gasteiger charge is 2.59. The van der Waals surface area contributed by atoms with E-state index in [1.54, 1.807) is 0 Å². The van der Waals surface area contributed by atoms with Crippen molar-refractivity contribution in [3.8, 4) is 0 Å². The van der Waals surface area contributed by atoms with Gasteiger partial charge < -0.3 is 9.84 Å². The molecule has 1 saturated carbocycles. The van der Waals surface area contributed by atoms with E-state index < -0.39 is 0 Å². The van der Waals surface area contributed by atoms with E-state index in [0.717, 1.165) is 12.8 Å². The number of epoxide rings is 1. The molecule has 0 aromatic rings. The van der Waals surface area contributed by atoms with Crippen LogP contribution in [-0.2, 0) is 4.74 Å². The summed E-state index contributed by atoms with van der Waals surface area (Å²) in [4.78, 5) is 0. The number of allylic oxidation sites excluding steroid dienone is 1. The minimum Gasteiger partial charge on any atom is -0.390 e. The molecule has 2 rings (SSSR count). The van der Waals surface area contributed by atoms with Gasteiger partial charge in [0, 0.05) is 0 Å². The number of ether oxygens (including phenoxy) is 1. The van der Waals surface area contributed by atoms with Gasteiger partial charge in [-0.25, -0.2) is 0 Å². The van der Waals surface area contributed by atoms with Crippen LogP contribution in [-0.4, -0.2) is 22.9 Å². The molecule has 0 aromatic heterocycles. The maximum Gasteiger partial charge on any atom is 0.118 e. The second-order valence-electron chi connectivity index (χ2n) is 4.32. The maximum atomic E-state index is 9.74. The number of fused-ring (bicyclic) bond motifs is 1. The Morgan fingerprint density at radius 2 is 2.17 bits per heavy atom. The molecular formula is C10H16O2. The maximum absolute atomic E-state index is 9.74. The molecular weight excluding hydrogens is 152 g/mol. The van der Waals surface area contributed by atoms with Crippen molar-refractivity contribution in [2.75, 3.05) is 0 Å². The highest BCUT2D eigenvalue weighted by atomic mass is 16.6. The molecule has 2 aliphatic rings. The van der Waals surface area contributed by atoms with Crippen molar-refractivity contribution in [2.24, 2.45) is 0 Å². The Labute approximate surface area is 73.2 Å². The highest BCUT2D eigenvalue weighted by molar-refractivity contribution is 5.24. The lowest BCUT2D eigenvalue weighted by Crippen LogP contribution is -2.33. The normalized spacial score (nSPS) is 45.5. The first-order valence-electron chi connectivity index (χ1n) is 4.55. The molecule has 1 aliphatic carbocycles. The first-order chi connectivity index (χ1) is 5.54. The fourth-order valence-corrected chi connectivity index (χ4v) is 1.96. The molecule has 2 heteroatoms. The van der Waals surface area contributed by atoms with Gasteiger partial charge in [-0.1, -0.05) is 11.1 Å². The Hall–Kier alpha value is -0.340. The third kappa shape index (κ3) is 1.02. The van der Waals surface area contributed by atoms with Gasteiger partial charge in [-0.2, -0.15) is 0 Å². The van der Waals surface area contributed by atoms with E-state index in [1.165, 1.54) is 11.1 Å². The van der Waals surface area contributed by atoms with Crippen molar-refractivity contribution in [3.63, 3.8) is 0 Å². The van der Waals surface area contributed by atoms with Crippen molar-refractivity contribution in [1.29, 1.82) is 0 Å². The van der Waals surface area contributed by atoms with Gasteiger partial charge in [0.05, 0.1) is 12.2 Å². The molecule has 0 radical (unpaired) electrons. The van der Waals surface area contributed by atoms with Crippen LogP contribution in [0.25, 0.3) is 0 Å². The molecule has 3 unspecified atom stereocenters.